The second-order valence-corrected chi connectivity index (χ2v) is 0. The third-order valence-corrected chi connectivity index (χ3v) is 0. The minimum absolute atomic E-state index is 0. The van der Waals surface area contributed by atoms with Gasteiger partial charge in [-0.05, 0) is 54.8 Å². The van der Waals surface area contributed by atoms with Gasteiger partial charge in [0.25, 0.3) is 0 Å². The van der Waals surface area contributed by atoms with E-state index in [2.05, 4.69) is 0 Å². The van der Waals surface area contributed by atoms with Crippen molar-refractivity contribution >= 4 is 54.8 Å². The molecule has 0 aliphatic carbocycles. The van der Waals surface area contributed by atoms with Gasteiger partial charge in [-0.1, -0.05) is 0 Å². The number of nitrogens with zero attached hydrogens (tertiary/aromatic N) is 4. The van der Waals surface area contributed by atoms with Gasteiger partial charge in [0.1, 0.15) is 0 Å². The summed E-state index contributed by atoms with van der Waals surface area (Å²) in [4.78, 5) is 0. The fraction of sp³-hybridized carbons (Fsp3) is 0. The third-order valence-electron chi connectivity index (χ3n) is 0. The van der Waals surface area contributed by atoms with Crippen molar-refractivity contribution < 1.29 is 151 Å². The summed E-state index contributed by atoms with van der Waals surface area (Å²) in [5.41, 5.74) is 0. The van der Waals surface area contributed by atoms with E-state index in [9.17, 15) is 0 Å². The van der Waals surface area contributed by atoms with Gasteiger partial charge >= 0.3 is 129 Å². The molecule has 0 saturated heterocycles. The molecule has 0 aliphatic rings. The van der Waals surface area contributed by atoms with Crippen LogP contribution in [0.5, 0.6) is 0 Å². The zero-order valence-corrected chi connectivity index (χ0v) is 23.9. The molecule has 0 saturated carbocycles. The molecule has 0 spiro atoms. The Kier molecular flexibility index (Phi) is 9050. The van der Waals surface area contributed by atoms with E-state index in [0.29, 0.717) is 0 Å². The van der Waals surface area contributed by atoms with Crippen molar-refractivity contribution in [2.24, 2.45) is 0 Å². The Morgan fingerprint density at radius 3 is 0.222 bits per heavy atom. The van der Waals surface area contributed by atoms with Crippen molar-refractivity contribution in [2.45, 2.75) is 0 Å². The maximum absolute atomic E-state index is 0. The second-order valence-electron chi connectivity index (χ2n) is 0. The second kappa shape index (κ2) is 377. The van der Waals surface area contributed by atoms with Crippen LogP contribution in [0.3, 0.4) is 0 Å². The molecular formula is H20Hf5N4O4Si5. The number of rotatable bonds is 0. The maximum Gasteiger partial charge on any atom is 4.00 e. The van der Waals surface area contributed by atoms with Gasteiger partial charge in [-0.3, -0.25) is 0 Å². The molecule has 0 aliphatic heterocycles. The molecule has 0 N–H and O–H groups in total. The molecule has 104 valence electrons. The summed E-state index contributed by atoms with van der Waals surface area (Å²) in [6.07, 6.45) is 0. The predicted octanol–water partition coefficient (Wildman–Crippen LogP) is -6.59. The molecule has 0 radical (unpaired) electrons. The first-order valence-electron chi connectivity index (χ1n) is 0. The van der Waals surface area contributed by atoms with Gasteiger partial charge in [0.15, 0.2) is 0 Å². The maximum atomic E-state index is 0. The van der Waals surface area contributed by atoms with E-state index in [-0.39, 0.29) is 231 Å². The van der Waals surface area contributed by atoms with Crippen LogP contribution in [0.2, 0.25) is 0 Å². The average molecular weight is 1170 g/mol. The van der Waals surface area contributed by atoms with Gasteiger partial charge in [0.05, 0.1) is 0 Å². The molecule has 0 aromatic carbocycles. The summed E-state index contributed by atoms with van der Waals surface area (Å²) in [6, 6.07) is 0. The molecule has 18 heavy (non-hydrogen) atoms. The Morgan fingerprint density at radius 1 is 0.222 bits per heavy atom. The van der Waals surface area contributed by atoms with E-state index < -0.39 is 0 Å². The van der Waals surface area contributed by atoms with Crippen LogP contribution >= 0.6 is 0 Å². The Hall–Kier alpha value is 5.12. The largest absolute Gasteiger partial charge is 4.00 e. The van der Waals surface area contributed by atoms with Crippen LogP contribution in [-0.2, 0) is 151 Å². The zero-order chi connectivity index (χ0) is 0. The van der Waals surface area contributed by atoms with Gasteiger partial charge in [-0.15, -0.1) is 0 Å². The van der Waals surface area contributed by atoms with E-state index in [1.807, 2.05) is 0 Å². The van der Waals surface area contributed by atoms with E-state index in [0.717, 1.165) is 0 Å². The quantitative estimate of drug-likeness (QED) is 0.206. The molecule has 8 nitrogen and oxygen atoms in total. The minimum Gasteiger partial charge on any atom is -3.00 e. The van der Waals surface area contributed by atoms with Crippen molar-refractivity contribution in [1.82, 2.24) is 0 Å². The molecule has 0 atom stereocenters. The van der Waals surface area contributed by atoms with E-state index in [1.165, 1.54) is 0 Å². The van der Waals surface area contributed by atoms with Gasteiger partial charge in [0, 0.05) is 0 Å². The summed E-state index contributed by atoms with van der Waals surface area (Å²) in [7, 11) is 0. The molecule has 0 amide bonds. The normalized spacial score (nSPS) is 0. The van der Waals surface area contributed by atoms with Crippen LogP contribution in [0.1, 0.15) is 0 Å². The average Bonchev–Trinajstić information content (AvgIpc) is 0. The summed E-state index contributed by atoms with van der Waals surface area (Å²) < 4.78 is 0. The Labute approximate surface area is 226 Å². The fourth-order valence-electron chi connectivity index (χ4n) is 0. The van der Waals surface area contributed by atoms with E-state index in [4.69, 9.17) is 0 Å². The molecule has 0 heterocycles. The molecule has 0 rings (SSSR count). The van der Waals surface area contributed by atoms with Crippen LogP contribution in [-0.4, -0.2) is 54.8 Å². The summed E-state index contributed by atoms with van der Waals surface area (Å²) >= 11 is 0. The molecule has 0 bridgehead atoms. The number of hydrogen-bond donors (Lipinski definition) is 0. The van der Waals surface area contributed by atoms with Crippen LogP contribution in [0, 0.1) is 0 Å². The topological polar surface area (TPSA) is 236 Å². The first-order chi connectivity index (χ1) is 0. The minimum atomic E-state index is 0. The summed E-state index contributed by atoms with van der Waals surface area (Å²) in [6.45, 7) is 0. The van der Waals surface area contributed by atoms with Crippen molar-refractivity contribution in [1.29, 1.82) is 0 Å². The molecule has 0 aromatic heterocycles. The molecule has 0 unspecified atom stereocenters. The first kappa shape index (κ1) is 432. The van der Waals surface area contributed by atoms with Crippen molar-refractivity contribution in [3.8, 4) is 0 Å². The monoisotopic (exact) mass is 1180 g/mol. The van der Waals surface area contributed by atoms with Gasteiger partial charge < -0.3 is 46.5 Å². The van der Waals surface area contributed by atoms with Crippen LogP contribution < -0.4 is 0 Å². The predicted molar refractivity (Wildman–Crippen MR) is 72.9 cm³/mol. The molecular weight excluding hydrogens is 1150 g/mol. The van der Waals surface area contributed by atoms with E-state index >= 15 is 0 Å². The smallest absolute Gasteiger partial charge is 3.00 e. The SMILES string of the molecule is [Hf+4].[Hf+4].[Hf+4].[Hf+4].[Hf+4].[N-3].[N-3].[N-3].[N-3].[O-2].[O-2].[O-2].[O-2].[SiH4].[SiH4].[SiH4].[SiH4].[SiH4]. The van der Waals surface area contributed by atoms with Crippen LogP contribution in [0.4, 0.5) is 0 Å². The van der Waals surface area contributed by atoms with Gasteiger partial charge in [-0.25, -0.2) is 0 Å². The van der Waals surface area contributed by atoms with E-state index in [1.54, 1.807) is 0 Å². The standard InChI is InChI=1S/5Hf.4N.4O.5H4Si/h;;;;;;;;;;;;;5*1H4/q5*+4;4*-3;4*-2;;;;;. The fourth-order valence-corrected chi connectivity index (χ4v) is 0. The number of hydrogen-bond acceptors (Lipinski definition) is 0. The molecule has 0 fully saturated rings. The van der Waals surface area contributed by atoms with Crippen molar-refractivity contribution in [3.63, 3.8) is 0 Å². The zero-order valence-electron chi connectivity index (χ0n) is 5.92. The van der Waals surface area contributed by atoms with Gasteiger partial charge in [0.2, 0.25) is 0 Å². The first-order valence-corrected chi connectivity index (χ1v) is 0. The Bertz CT molecular complexity index is 35.8. The van der Waals surface area contributed by atoms with Crippen LogP contribution in [0.15, 0.2) is 0 Å². The van der Waals surface area contributed by atoms with Crippen molar-refractivity contribution in [2.75, 3.05) is 0 Å². The summed E-state index contributed by atoms with van der Waals surface area (Å²) in [5.74, 6) is 0. The molecule has 18 heteroatoms. The molecule has 0 aromatic rings. The third kappa shape index (κ3) is 327. The van der Waals surface area contributed by atoms with Crippen molar-refractivity contribution in [3.05, 3.63) is 24.6 Å². The van der Waals surface area contributed by atoms with Crippen LogP contribution in [0.25, 0.3) is 24.6 Å². The Morgan fingerprint density at radius 2 is 0.222 bits per heavy atom. The van der Waals surface area contributed by atoms with Gasteiger partial charge in [-0.2, -0.15) is 0 Å². The Balaban J connectivity index is 0. The summed E-state index contributed by atoms with van der Waals surface area (Å²) in [5, 5.41) is 0.